The van der Waals surface area contributed by atoms with Gasteiger partial charge in [-0.15, -0.1) is 0 Å². The van der Waals surface area contributed by atoms with Crippen molar-refractivity contribution in [1.29, 1.82) is 0 Å². The fraction of sp³-hybridized carbons (Fsp3) is 1.00. The summed E-state index contributed by atoms with van der Waals surface area (Å²) < 4.78 is 0. The minimum Gasteiger partial charge on any atom is 1.00 e. The summed E-state index contributed by atoms with van der Waals surface area (Å²) in [4.78, 5) is 0. The van der Waals surface area contributed by atoms with E-state index in [4.69, 9.17) is 0 Å². The molecule has 0 aromatic heterocycles. The predicted octanol–water partition coefficient (Wildman–Crippen LogP) is -0.215. The normalized spacial score (nSPS) is 14.6. The smallest absolute Gasteiger partial charge is 1.00 e. The molecule has 0 aliphatic heterocycles. The average Bonchev–Trinajstić information content (AvgIpc) is 2.16. The molecule has 0 bridgehead atoms. The van der Waals surface area contributed by atoms with Crippen molar-refractivity contribution in [3.8, 4) is 0 Å². The molecule has 0 aliphatic rings. The van der Waals surface area contributed by atoms with Crippen molar-refractivity contribution in [2.75, 3.05) is 0 Å². The first-order chi connectivity index (χ1) is 6.08. The molecule has 0 radical (unpaired) electrons. The molecule has 0 rings (SSSR count). The van der Waals surface area contributed by atoms with Gasteiger partial charge in [-0.3, -0.25) is 0 Å². The molecule has 0 aromatic rings. The molecule has 0 aromatic carbocycles. The maximum absolute atomic E-state index is 2.42. The van der Waals surface area contributed by atoms with Crippen LogP contribution in [0.4, 0.5) is 0 Å². The second-order valence-electron chi connectivity index (χ2n) is 4.73. The largest absolute Gasteiger partial charge is 1.00 e. The SMILES string of the molecule is CCC(C)B(C(C)CC)C(C)CC.[BH4-].[LiH].[Na+]. The van der Waals surface area contributed by atoms with Crippen LogP contribution in [0.5, 0.6) is 0 Å². The van der Waals surface area contributed by atoms with Crippen molar-refractivity contribution in [2.24, 2.45) is 0 Å². The third-order valence-corrected chi connectivity index (χ3v) is 3.90. The predicted molar refractivity (Wildman–Crippen MR) is 83.4 cm³/mol. The Morgan fingerprint density at radius 3 is 1.06 bits per heavy atom. The second kappa shape index (κ2) is 14.8. The van der Waals surface area contributed by atoms with Gasteiger partial charge in [0.1, 0.15) is 6.71 Å². The quantitative estimate of drug-likeness (QED) is 0.551. The fourth-order valence-corrected chi connectivity index (χ4v) is 2.50. The van der Waals surface area contributed by atoms with Crippen LogP contribution < -0.4 is 29.6 Å². The zero-order chi connectivity index (χ0) is 10.4. The standard InChI is InChI=1S/C12H27B.BH4.Li.Na.H/c1-7-10(4)13(11(5)8-2)12(6)9-3;;;;/h10-12H,7-9H2,1-6H3;1H4;;;/q;-1;;+1;. The summed E-state index contributed by atoms with van der Waals surface area (Å²) in [7, 11) is 0. The molecule has 0 N–H and O–H groups in total. The van der Waals surface area contributed by atoms with Crippen LogP contribution in [0.25, 0.3) is 0 Å². The van der Waals surface area contributed by atoms with Gasteiger partial charge in [-0.2, -0.15) is 0 Å². The van der Waals surface area contributed by atoms with Crippen LogP contribution in [0.3, 0.4) is 0 Å². The first-order valence-electron chi connectivity index (χ1n) is 6.08. The van der Waals surface area contributed by atoms with Gasteiger partial charge in [0.15, 0.2) is 0 Å². The van der Waals surface area contributed by atoms with E-state index in [9.17, 15) is 0 Å². The third kappa shape index (κ3) is 8.77. The van der Waals surface area contributed by atoms with Crippen LogP contribution >= 0.6 is 0 Å². The van der Waals surface area contributed by atoms with Crippen LogP contribution in [0, 0.1) is 0 Å². The van der Waals surface area contributed by atoms with Crippen molar-refractivity contribution in [3.05, 3.63) is 0 Å². The Hall–Kier alpha value is 1.73. The maximum Gasteiger partial charge on any atom is 1.00 e. The summed E-state index contributed by atoms with van der Waals surface area (Å²) in [5.74, 6) is 2.68. The van der Waals surface area contributed by atoms with Crippen LogP contribution in [0.15, 0.2) is 0 Å². The number of hydrogen-bond donors (Lipinski definition) is 0. The zero-order valence-corrected chi connectivity index (χ0v) is 13.4. The summed E-state index contributed by atoms with van der Waals surface area (Å²) in [5, 5.41) is 0. The molecule has 16 heavy (non-hydrogen) atoms. The minimum absolute atomic E-state index is 0. The van der Waals surface area contributed by atoms with Gasteiger partial charge in [0.2, 0.25) is 0 Å². The molecular formula is C12H32B2LiNa. The van der Waals surface area contributed by atoms with E-state index in [-0.39, 0.29) is 56.8 Å². The molecule has 0 saturated heterocycles. The third-order valence-electron chi connectivity index (χ3n) is 3.90. The molecule has 0 aliphatic carbocycles. The molecule has 0 spiro atoms. The summed E-state index contributed by atoms with van der Waals surface area (Å²) >= 11 is 0. The van der Waals surface area contributed by atoms with Crippen molar-refractivity contribution in [2.45, 2.75) is 78.3 Å². The van der Waals surface area contributed by atoms with Gasteiger partial charge in [-0.1, -0.05) is 86.7 Å². The van der Waals surface area contributed by atoms with Crippen LogP contribution in [-0.4, -0.2) is 34.0 Å². The van der Waals surface area contributed by atoms with Crippen molar-refractivity contribution in [1.82, 2.24) is 0 Å². The topological polar surface area (TPSA) is 0 Å². The minimum atomic E-state index is 0. The Morgan fingerprint density at radius 2 is 0.938 bits per heavy atom. The average molecular weight is 228 g/mol. The molecule has 0 heterocycles. The van der Waals surface area contributed by atoms with E-state index in [1.165, 1.54) is 19.3 Å². The molecule has 3 unspecified atom stereocenters. The zero-order valence-electron chi connectivity index (χ0n) is 11.4. The van der Waals surface area contributed by atoms with Crippen LogP contribution in [-0.2, 0) is 0 Å². The van der Waals surface area contributed by atoms with Crippen molar-refractivity contribution >= 4 is 34.0 Å². The van der Waals surface area contributed by atoms with E-state index in [1.54, 1.807) is 0 Å². The van der Waals surface area contributed by atoms with Gasteiger partial charge < -0.3 is 0 Å². The molecule has 0 saturated carbocycles. The summed E-state index contributed by atoms with van der Waals surface area (Å²) in [6.07, 6.45) is 4.00. The Kier molecular flexibility index (Phi) is 24.3. The van der Waals surface area contributed by atoms with Gasteiger partial charge in [-0.25, -0.2) is 0 Å². The molecule has 88 valence electrons. The van der Waals surface area contributed by atoms with Gasteiger partial charge in [0.05, 0.1) is 0 Å². The number of rotatable bonds is 6. The Bertz CT molecular complexity index is 112. The van der Waals surface area contributed by atoms with Gasteiger partial charge in [0, 0.05) is 0 Å². The molecule has 0 nitrogen and oxygen atoms in total. The van der Waals surface area contributed by atoms with Gasteiger partial charge in [0.25, 0.3) is 0 Å². The van der Waals surface area contributed by atoms with E-state index < -0.39 is 0 Å². The Balaban J connectivity index is -0.000000240. The molecule has 0 amide bonds. The van der Waals surface area contributed by atoms with E-state index in [2.05, 4.69) is 41.5 Å². The van der Waals surface area contributed by atoms with Crippen molar-refractivity contribution in [3.63, 3.8) is 0 Å². The molecule has 4 heteroatoms. The summed E-state index contributed by atoms with van der Waals surface area (Å²) in [6.45, 7) is 15.2. The van der Waals surface area contributed by atoms with Crippen LogP contribution in [0.2, 0.25) is 17.5 Å². The first-order valence-corrected chi connectivity index (χ1v) is 6.08. The Morgan fingerprint density at radius 1 is 0.750 bits per heavy atom. The van der Waals surface area contributed by atoms with E-state index >= 15 is 0 Å². The van der Waals surface area contributed by atoms with E-state index in [0.29, 0.717) is 0 Å². The van der Waals surface area contributed by atoms with Gasteiger partial charge in [-0.05, 0) is 0 Å². The monoisotopic (exact) mass is 228 g/mol. The molecule has 0 fully saturated rings. The molecular weight excluding hydrogens is 196 g/mol. The summed E-state index contributed by atoms with van der Waals surface area (Å²) in [5.41, 5.74) is 0. The summed E-state index contributed by atoms with van der Waals surface area (Å²) in [6, 6.07) is 0. The fourth-order valence-electron chi connectivity index (χ4n) is 2.50. The Labute approximate surface area is 141 Å². The van der Waals surface area contributed by atoms with E-state index in [1.807, 2.05) is 0 Å². The van der Waals surface area contributed by atoms with Crippen molar-refractivity contribution < 1.29 is 29.6 Å². The number of hydrogen-bond acceptors (Lipinski definition) is 0. The maximum atomic E-state index is 2.42. The van der Waals surface area contributed by atoms with Gasteiger partial charge >= 0.3 is 48.4 Å². The second-order valence-corrected chi connectivity index (χ2v) is 4.73. The van der Waals surface area contributed by atoms with Crippen LogP contribution in [0.1, 0.15) is 60.8 Å². The van der Waals surface area contributed by atoms with E-state index in [0.717, 1.165) is 24.2 Å². The molecule has 3 atom stereocenters. The first kappa shape index (κ1) is 26.3.